The van der Waals surface area contributed by atoms with Gasteiger partial charge in [0.15, 0.2) is 0 Å². The van der Waals surface area contributed by atoms with Crippen LogP contribution in [0.2, 0.25) is 0 Å². The molecule has 2 aliphatic heterocycles. The Bertz CT molecular complexity index is 570. The molecule has 1 amide bonds. The van der Waals surface area contributed by atoms with Crippen molar-refractivity contribution in [3.63, 3.8) is 0 Å². The van der Waals surface area contributed by atoms with Gasteiger partial charge >= 0.3 is 0 Å². The van der Waals surface area contributed by atoms with Gasteiger partial charge in [0.25, 0.3) is 5.91 Å². The van der Waals surface area contributed by atoms with Gasteiger partial charge < -0.3 is 14.4 Å². The van der Waals surface area contributed by atoms with Crippen molar-refractivity contribution in [1.29, 1.82) is 5.26 Å². The van der Waals surface area contributed by atoms with E-state index in [1.54, 1.807) is 23.2 Å². The quantitative estimate of drug-likeness (QED) is 0.848. The summed E-state index contributed by atoms with van der Waals surface area (Å²) in [5.41, 5.74) is 0.491. The maximum Gasteiger partial charge on any atom is 0.259 e. The third-order valence-electron chi connectivity index (χ3n) is 4.13. The van der Waals surface area contributed by atoms with Gasteiger partial charge in [-0.25, -0.2) is 4.98 Å². The molecule has 0 saturated carbocycles. The molecule has 2 saturated heterocycles. The molecule has 6 nitrogen and oxygen atoms in total. The van der Waals surface area contributed by atoms with Crippen LogP contribution in [0.25, 0.3) is 0 Å². The molecule has 0 spiro atoms. The first kappa shape index (κ1) is 14.8. The number of pyridine rings is 1. The van der Waals surface area contributed by atoms with Crippen LogP contribution in [-0.4, -0.2) is 48.2 Å². The van der Waals surface area contributed by atoms with Crippen LogP contribution >= 0.6 is 0 Å². The number of ether oxygens (including phenoxy) is 2. The summed E-state index contributed by atoms with van der Waals surface area (Å²) in [5, 5.41) is 8.94. The standard InChI is InChI=1S/C16H19N3O3/c17-10-12-3-7-19(8-4-12)16(20)14-2-1-6-18-15(14)22-13-5-9-21-11-13/h1-2,6,12-13H,3-5,7-9,11H2/t13-/m1/s1. The Balaban J connectivity index is 1.71. The first-order valence-corrected chi connectivity index (χ1v) is 7.66. The molecule has 1 aromatic rings. The van der Waals surface area contributed by atoms with Gasteiger partial charge in [0, 0.05) is 31.6 Å². The first-order chi connectivity index (χ1) is 10.8. The molecule has 1 atom stereocenters. The van der Waals surface area contributed by atoms with Crippen LogP contribution < -0.4 is 4.74 Å². The molecule has 0 N–H and O–H groups in total. The lowest BCUT2D eigenvalue weighted by Crippen LogP contribution is -2.38. The van der Waals surface area contributed by atoms with E-state index in [1.165, 1.54) is 0 Å². The number of hydrogen-bond donors (Lipinski definition) is 0. The molecule has 0 unspecified atom stereocenters. The second-order valence-electron chi connectivity index (χ2n) is 5.66. The van der Waals surface area contributed by atoms with E-state index in [2.05, 4.69) is 11.1 Å². The molecule has 3 heterocycles. The third-order valence-corrected chi connectivity index (χ3v) is 4.13. The lowest BCUT2D eigenvalue weighted by atomic mass is 9.98. The van der Waals surface area contributed by atoms with E-state index in [0.717, 1.165) is 19.3 Å². The topological polar surface area (TPSA) is 75.5 Å². The SMILES string of the molecule is N#CC1CCN(C(=O)c2cccnc2O[C@@H]2CCOC2)CC1. The molecule has 2 fully saturated rings. The van der Waals surface area contributed by atoms with Crippen LogP contribution in [-0.2, 0) is 4.74 Å². The largest absolute Gasteiger partial charge is 0.471 e. The second kappa shape index (κ2) is 6.75. The number of carbonyl (C=O) groups is 1. The molecule has 22 heavy (non-hydrogen) atoms. The molecule has 0 aliphatic carbocycles. The Morgan fingerprint density at radius 3 is 2.91 bits per heavy atom. The van der Waals surface area contributed by atoms with Crippen LogP contribution in [0.15, 0.2) is 18.3 Å². The molecule has 0 bridgehead atoms. The first-order valence-electron chi connectivity index (χ1n) is 7.66. The van der Waals surface area contributed by atoms with Gasteiger partial charge in [-0.3, -0.25) is 4.79 Å². The Hall–Kier alpha value is -2.13. The van der Waals surface area contributed by atoms with Gasteiger partial charge in [-0.1, -0.05) is 0 Å². The summed E-state index contributed by atoms with van der Waals surface area (Å²) in [4.78, 5) is 18.7. The summed E-state index contributed by atoms with van der Waals surface area (Å²) in [5.74, 6) is 0.369. The van der Waals surface area contributed by atoms with E-state index in [4.69, 9.17) is 14.7 Å². The lowest BCUT2D eigenvalue weighted by Gasteiger charge is -2.29. The van der Waals surface area contributed by atoms with E-state index < -0.39 is 0 Å². The molecule has 116 valence electrons. The zero-order valence-corrected chi connectivity index (χ0v) is 12.4. The Morgan fingerprint density at radius 2 is 2.23 bits per heavy atom. The van der Waals surface area contributed by atoms with Crippen LogP contribution in [0, 0.1) is 17.2 Å². The zero-order valence-electron chi connectivity index (χ0n) is 12.4. The number of nitriles is 1. The minimum Gasteiger partial charge on any atom is -0.471 e. The highest BCUT2D eigenvalue weighted by Gasteiger charge is 2.27. The minimum atomic E-state index is -0.0709. The van der Waals surface area contributed by atoms with Gasteiger partial charge in [0.1, 0.15) is 11.7 Å². The Labute approximate surface area is 129 Å². The fourth-order valence-electron chi connectivity index (χ4n) is 2.79. The molecular formula is C16H19N3O3. The van der Waals surface area contributed by atoms with Crippen molar-refractivity contribution in [2.24, 2.45) is 5.92 Å². The summed E-state index contributed by atoms with van der Waals surface area (Å²) in [6, 6.07) is 5.76. The summed E-state index contributed by atoms with van der Waals surface area (Å²) >= 11 is 0. The second-order valence-corrected chi connectivity index (χ2v) is 5.66. The summed E-state index contributed by atoms with van der Waals surface area (Å²) in [7, 11) is 0. The van der Waals surface area contributed by atoms with Gasteiger partial charge in [-0.2, -0.15) is 5.26 Å². The van der Waals surface area contributed by atoms with Crippen molar-refractivity contribution in [2.75, 3.05) is 26.3 Å². The average Bonchev–Trinajstić information content (AvgIpc) is 3.08. The van der Waals surface area contributed by atoms with Crippen molar-refractivity contribution in [3.05, 3.63) is 23.9 Å². The molecular weight excluding hydrogens is 282 g/mol. The molecule has 2 aliphatic rings. The number of aromatic nitrogens is 1. The number of hydrogen-bond acceptors (Lipinski definition) is 5. The van der Waals surface area contributed by atoms with E-state index >= 15 is 0 Å². The molecule has 0 aromatic carbocycles. The van der Waals surface area contributed by atoms with Crippen molar-refractivity contribution >= 4 is 5.91 Å². The van der Waals surface area contributed by atoms with Crippen LogP contribution in [0.3, 0.4) is 0 Å². The van der Waals surface area contributed by atoms with E-state index in [-0.39, 0.29) is 17.9 Å². The van der Waals surface area contributed by atoms with Crippen LogP contribution in [0.1, 0.15) is 29.6 Å². The highest BCUT2D eigenvalue weighted by molar-refractivity contribution is 5.96. The number of nitrogens with zero attached hydrogens (tertiary/aromatic N) is 3. The fourth-order valence-corrected chi connectivity index (χ4v) is 2.79. The number of rotatable bonds is 3. The number of amides is 1. The average molecular weight is 301 g/mol. The molecule has 1 aromatic heterocycles. The van der Waals surface area contributed by atoms with Gasteiger partial charge in [0.2, 0.25) is 5.88 Å². The number of likely N-dealkylation sites (tertiary alicyclic amines) is 1. The highest BCUT2D eigenvalue weighted by Crippen LogP contribution is 2.23. The monoisotopic (exact) mass is 301 g/mol. The van der Waals surface area contributed by atoms with Gasteiger partial charge in [-0.15, -0.1) is 0 Å². The van der Waals surface area contributed by atoms with Crippen molar-refractivity contribution in [1.82, 2.24) is 9.88 Å². The normalized spacial score (nSPS) is 22.3. The number of piperidine rings is 1. The van der Waals surface area contributed by atoms with E-state index in [1.807, 2.05) is 0 Å². The smallest absolute Gasteiger partial charge is 0.259 e. The summed E-state index contributed by atoms with van der Waals surface area (Å²) in [6.45, 7) is 2.44. The highest BCUT2D eigenvalue weighted by atomic mass is 16.5. The maximum atomic E-state index is 12.7. The van der Waals surface area contributed by atoms with Crippen molar-refractivity contribution in [2.45, 2.75) is 25.4 Å². The Morgan fingerprint density at radius 1 is 1.41 bits per heavy atom. The van der Waals surface area contributed by atoms with Crippen molar-refractivity contribution in [3.8, 4) is 11.9 Å². The van der Waals surface area contributed by atoms with Gasteiger partial charge in [-0.05, 0) is 25.0 Å². The van der Waals surface area contributed by atoms with E-state index in [0.29, 0.717) is 37.7 Å². The lowest BCUT2D eigenvalue weighted by molar-refractivity contribution is 0.0696. The molecule has 3 rings (SSSR count). The summed E-state index contributed by atoms with van der Waals surface area (Å²) < 4.78 is 11.1. The predicted octanol–water partition coefficient (Wildman–Crippen LogP) is 1.63. The van der Waals surface area contributed by atoms with Crippen LogP contribution in [0.5, 0.6) is 5.88 Å². The number of carbonyl (C=O) groups excluding carboxylic acids is 1. The van der Waals surface area contributed by atoms with Gasteiger partial charge in [0.05, 0.1) is 19.3 Å². The van der Waals surface area contributed by atoms with Crippen LogP contribution in [0.4, 0.5) is 0 Å². The summed E-state index contributed by atoms with van der Waals surface area (Å²) in [6.07, 6.45) is 3.87. The molecule has 6 heteroatoms. The van der Waals surface area contributed by atoms with Crippen molar-refractivity contribution < 1.29 is 14.3 Å². The molecule has 0 radical (unpaired) electrons. The van der Waals surface area contributed by atoms with E-state index in [9.17, 15) is 4.79 Å². The zero-order chi connectivity index (χ0) is 15.4. The third kappa shape index (κ3) is 3.20. The fraction of sp³-hybridized carbons (Fsp3) is 0.562. The predicted molar refractivity (Wildman–Crippen MR) is 78.3 cm³/mol. The maximum absolute atomic E-state index is 12.7. The Kier molecular flexibility index (Phi) is 4.54. The minimum absolute atomic E-state index is 0.0363.